The number of carbonyl (C=O) groups excluding carboxylic acids is 3. The Labute approximate surface area is 197 Å². The standard InChI is InChI=1S/C24H30N4O6/c1-24(2,3)34-23(32)26(4)12-14-33-13-6-7-16-8-9-17-19(15-16)27(5)22(31)28(17)18-10-11-20(29)25-21(18)30/h8-9,15,18H,10-14H2,1-5H3,(H,25,29,30). The highest BCUT2D eigenvalue weighted by Crippen LogP contribution is 2.23. The van der Waals surface area contributed by atoms with Gasteiger partial charge in [0.1, 0.15) is 18.2 Å². The van der Waals surface area contributed by atoms with Crippen molar-refractivity contribution < 1.29 is 23.9 Å². The minimum absolute atomic E-state index is 0.177. The second kappa shape index (κ2) is 10.1. The molecule has 1 aliphatic heterocycles. The maximum Gasteiger partial charge on any atom is 0.410 e. The van der Waals surface area contributed by atoms with Crippen molar-refractivity contribution in [2.75, 3.05) is 26.8 Å². The summed E-state index contributed by atoms with van der Waals surface area (Å²) in [6.07, 6.45) is 0.0625. The molecule has 2 aromatic rings. The van der Waals surface area contributed by atoms with Gasteiger partial charge in [0.05, 0.1) is 17.6 Å². The number of likely N-dealkylation sites (N-methyl/N-ethyl adjacent to an activating group) is 1. The van der Waals surface area contributed by atoms with Crippen LogP contribution in [-0.4, -0.2) is 64.3 Å². The first-order chi connectivity index (χ1) is 16.0. The number of rotatable bonds is 5. The molecule has 3 amide bonds. The maximum atomic E-state index is 12.8. The number of aryl methyl sites for hydroxylation is 1. The lowest BCUT2D eigenvalue weighted by Gasteiger charge is -2.24. The fraction of sp³-hybridized carbons (Fsp3) is 0.500. The summed E-state index contributed by atoms with van der Waals surface area (Å²) in [6.45, 7) is 6.29. The molecule has 3 rings (SSSR count). The fourth-order valence-electron chi connectivity index (χ4n) is 3.56. The normalized spacial score (nSPS) is 16.1. The number of imidazole rings is 1. The number of piperidine rings is 1. The summed E-state index contributed by atoms with van der Waals surface area (Å²) in [4.78, 5) is 49.9. The average molecular weight is 471 g/mol. The van der Waals surface area contributed by atoms with Crippen LogP contribution in [0.1, 0.15) is 45.2 Å². The van der Waals surface area contributed by atoms with Crippen molar-refractivity contribution in [3.05, 3.63) is 34.2 Å². The molecular weight excluding hydrogens is 440 g/mol. The molecule has 1 aromatic carbocycles. The van der Waals surface area contributed by atoms with Crippen molar-refractivity contribution in [1.82, 2.24) is 19.4 Å². The number of nitrogens with one attached hydrogen (secondary N) is 1. The molecule has 1 saturated heterocycles. The molecular formula is C24H30N4O6. The zero-order valence-corrected chi connectivity index (χ0v) is 20.1. The SMILES string of the molecule is CN(CCOCC#Cc1ccc2c(c1)n(C)c(=O)n2C1CCC(=O)NC1=O)C(=O)OC(C)(C)C. The first-order valence-corrected chi connectivity index (χ1v) is 11.0. The largest absolute Gasteiger partial charge is 0.444 e. The van der Waals surface area contributed by atoms with E-state index in [9.17, 15) is 19.2 Å². The van der Waals surface area contributed by atoms with Crippen LogP contribution in [0.15, 0.2) is 23.0 Å². The number of imide groups is 1. The van der Waals surface area contributed by atoms with Crippen molar-refractivity contribution in [2.24, 2.45) is 7.05 Å². The molecule has 10 nitrogen and oxygen atoms in total. The van der Waals surface area contributed by atoms with Crippen molar-refractivity contribution >= 4 is 28.9 Å². The predicted octanol–water partition coefficient (Wildman–Crippen LogP) is 1.55. The second-order valence-electron chi connectivity index (χ2n) is 9.14. The Morgan fingerprint density at radius 3 is 2.65 bits per heavy atom. The Hall–Kier alpha value is -3.58. The van der Waals surface area contributed by atoms with Crippen LogP contribution in [0, 0.1) is 11.8 Å². The third kappa shape index (κ3) is 5.85. The Morgan fingerprint density at radius 1 is 1.24 bits per heavy atom. The van der Waals surface area contributed by atoms with Gasteiger partial charge in [0.15, 0.2) is 0 Å². The topological polar surface area (TPSA) is 112 Å². The number of hydrogen-bond acceptors (Lipinski definition) is 6. The fourth-order valence-corrected chi connectivity index (χ4v) is 3.56. The van der Waals surface area contributed by atoms with Crippen LogP contribution in [0.2, 0.25) is 0 Å². The van der Waals surface area contributed by atoms with E-state index >= 15 is 0 Å². The van der Waals surface area contributed by atoms with Crippen molar-refractivity contribution in [3.8, 4) is 11.8 Å². The molecule has 1 atom stereocenters. The lowest BCUT2D eigenvalue weighted by Crippen LogP contribution is -2.44. The summed E-state index contributed by atoms with van der Waals surface area (Å²) >= 11 is 0. The highest BCUT2D eigenvalue weighted by atomic mass is 16.6. The summed E-state index contributed by atoms with van der Waals surface area (Å²) in [6, 6.07) is 4.58. The van der Waals surface area contributed by atoms with E-state index in [1.54, 1.807) is 32.3 Å². The molecule has 1 N–H and O–H groups in total. The van der Waals surface area contributed by atoms with Gasteiger partial charge in [-0.1, -0.05) is 11.8 Å². The van der Waals surface area contributed by atoms with Crippen LogP contribution < -0.4 is 11.0 Å². The van der Waals surface area contributed by atoms with Crippen LogP contribution in [0.25, 0.3) is 11.0 Å². The number of hydrogen-bond donors (Lipinski definition) is 1. The molecule has 1 fully saturated rings. The van der Waals surface area contributed by atoms with E-state index in [0.717, 1.165) is 0 Å². The number of amides is 3. The monoisotopic (exact) mass is 470 g/mol. The summed E-state index contributed by atoms with van der Waals surface area (Å²) in [7, 11) is 3.28. The highest BCUT2D eigenvalue weighted by molar-refractivity contribution is 6.00. The summed E-state index contributed by atoms with van der Waals surface area (Å²) in [5, 5.41) is 2.30. The van der Waals surface area contributed by atoms with E-state index in [0.29, 0.717) is 29.7 Å². The average Bonchev–Trinajstić information content (AvgIpc) is 2.99. The van der Waals surface area contributed by atoms with Crippen LogP contribution in [0.3, 0.4) is 0 Å². The van der Waals surface area contributed by atoms with Gasteiger partial charge < -0.3 is 14.4 Å². The van der Waals surface area contributed by atoms with Crippen LogP contribution in [0.4, 0.5) is 4.79 Å². The molecule has 0 saturated carbocycles. The summed E-state index contributed by atoms with van der Waals surface area (Å²) < 4.78 is 13.7. The van der Waals surface area contributed by atoms with Crippen molar-refractivity contribution in [1.29, 1.82) is 0 Å². The van der Waals surface area contributed by atoms with E-state index in [2.05, 4.69) is 17.2 Å². The molecule has 1 unspecified atom stereocenters. The van der Waals surface area contributed by atoms with Gasteiger partial charge in [0.25, 0.3) is 0 Å². The number of ether oxygens (including phenoxy) is 2. The second-order valence-corrected chi connectivity index (χ2v) is 9.14. The van der Waals surface area contributed by atoms with Gasteiger partial charge in [-0.25, -0.2) is 9.59 Å². The van der Waals surface area contributed by atoms with Crippen LogP contribution in [0.5, 0.6) is 0 Å². The Bertz CT molecular complexity index is 1220. The molecule has 0 bridgehead atoms. The first-order valence-electron chi connectivity index (χ1n) is 11.0. The Morgan fingerprint density at radius 2 is 1.97 bits per heavy atom. The van der Waals surface area contributed by atoms with Crippen LogP contribution in [-0.2, 0) is 26.1 Å². The number of benzene rings is 1. The molecule has 0 spiro atoms. The van der Waals surface area contributed by atoms with E-state index in [1.165, 1.54) is 14.0 Å². The van der Waals surface area contributed by atoms with E-state index in [-0.39, 0.29) is 31.0 Å². The number of fused-ring (bicyclic) bond motifs is 1. The van der Waals surface area contributed by atoms with E-state index in [1.807, 2.05) is 20.8 Å². The predicted molar refractivity (Wildman–Crippen MR) is 125 cm³/mol. The Balaban J connectivity index is 1.62. The van der Waals surface area contributed by atoms with E-state index < -0.39 is 23.6 Å². The Kier molecular flexibility index (Phi) is 7.47. The zero-order chi connectivity index (χ0) is 25.0. The van der Waals surface area contributed by atoms with Gasteiger partial charge in [0.2, 0.25) is 11.8 Å². The van der Waals surface area contributed by atoms with Crippen LogP contribution >= 0.6 is 0 Å². The molecule has 1 aromatic heterocycles. The third-order valence-corrected chi connectivity index (χ3v) is 5.29. The smallest absolute Gasteiger partial charge is 0.410 e. The van der Waals surface area contributed by atoms with Crippen molar-refractivity contribution in [2.45, 2.75) is 45.3 Å². The quantitative estimate of drug-likeness (QED) is 0.403. The van der Waals surface area contributed by atoms with Gasteiger partial charge in [-0.2, -0.15) is 0 Å². The lowest BCUT2D eigenvalue weighted by atomic mass is 10.1. The van der Waals surface area contributed by atoms with Gasteiger partial charge in [-0.05, 0) is 45.4 Å². The number of nitrogens with zero attached hydrogens (tertiary/aromatic N) is 3. The minimum atomic E-state index is -0.724. The van der Waals surface area contributed by atoms with Gasteiger partial charge in [-0.15, -0.1) is 0 Å². The molecule has 34 heavy (non-hydrogen) atoms. The molecule has 10 heteroatoms. The van der Waals surface area contributed by atoms with E-state index in [4.69, 9.17) is 9.47 Å². The highest BCUT2D eigenvalue weighted by Gasteiger charge is 2.31. The summed E-state index contributed by atoms with van der Waals surface area (Å²) in [5.74, 6) is 5.12. The maximum absolute atomic E-state index is 12.8. The molecule has 2 heterocycles. The third-order valence-electron chi connectivity index (χ3n) is 5.29. The van der Waals surface area contributed by atoms with Crippen molar-refractivity contribution in [3.63, 3.8) is 0 Å². The van der Waals surface area contributed by atoms with Gasteiger partial charge in [-0.3, -0.25) is 24.0 Å². The molecule has 0 radical (unpaired) electrons. The first kappa shape index (κ1) is 25.1. The molecule has 1 aliphatic rings. The minimum Gasteiger partial charge on any atom is -0.444 e. The number of carbonyl (C=O) groups is 3. The zero-order valence-electron chi connectivity index (χ0n) is 20.1. The lowest BCUT2D eigenvalue weighted by molar-refractivity contribution is -0.135. The number of aromatic nitrogens is 2. The summed E-state index contributed by atoms with van der Waals surface area (Å²) in [5.41, 5.74) is 1.06. The molecule has 0 aliphatic carbocycles. The van der Waals surface area contributed by atoms with Gasteiger partial charge in [0, 0.05) is 32.6 Å². The molecule has 182 valence electrons. The van der Waals surface area contributed by atoms with Gasteiger partial charge >= 0.3 is 11.8 Å².